The maximum atomic E-state index is 9.82. The van der Waals surface area contributed by atoms with E-state index >= 15 is 0 Å². The highest BCUT2D eigenvalue weighted by Gasteiger charge is 2.21. The van der Waals surface area contributed by atoms with Gasteiger partial charge in [0.05, 0.1) is 7.11 Å². The van der Waals surface area contributed by atoms with Crippen LogP contribution in [0.25, 0.3) is 5.65 Å². The number of fused-ring (bicyclic) bond motifs is 1. The molecule has 4 N–H and O–H groups in total. The van der Waals surface area contributed by atoms with Crippen molar-refractivity contribution in [1.82, 2.24) is 24.5 Å². The zero-order valence-electron chi connectivity index (χ0n) is 15.7. The number of anilines is 3. The molecule has 2 aromatic heterocycles. The lowest BCUT2D eigenvalue weighted by Gasteiger charge is -2.35. The molecule has 0 spiro atoms. The van der Waals surface area contributed by atoms with Gasteiger partial charge in [0.25, 0.3) is 0 Å². The Balaban J connectivity index is 1.57. The summed E-state index contributed by atoms with van der Waals surface area (Å²) in [5, 5.41) is 17.4. The maximum absolute atomic E-state index is 9.82. The smallest absolute Gasteiger partial charge is 0.247 e. The quantitative estimate of drug-likeness (QED) is 0.563. The van der Waals surface area contributed by atoms with Gasteiger partial charge >= 0.3 is 0 Å². The Morgan fingerprint density at radius 3 is 2.79 bits per heavy atom. The van der Waals surface area contributed by atoms with E-state index in [0.29, 0.717) is 29.6 Å². The van der Waals surface area contributed by atoms with Gasteiger partial charge in [0.1, 0.15) is 11.5 Å². The molecule has 0 saturated carbocycles. The van der Waals surface area contributed by atoms with Crippen LogP contribution in [0.15, 0.2) is 30.6 Å². The standard InChI is InChI=1S/C18H24N8O2/c1-28-15-11-13(10-14(27)12-15)21-18-22-17-16(20-3-5-26(17)23-18)25-8-6-24(4-2-19)7-9-25/h3,5,10-12,27H,2,4,6-9,19H2,1H3,(H,21,23). The van der Waals surface area contributed by atoms with Gasteiger partial charge in [-0.25, -0.2) is 9.50 Å². The number of nitrogens with two attached hydrogens (primary N) is 1. The highest BCUT2D eigenvalue weighted by Crippen LogP contribution is 2.27. The Morgan fingerprint density at radius 1 is 1.21 bits per heavy atom. The van der Waals surface area contributed by atoms with Crippen LogP contribution in [0.3, 0.4) is 0 Å². The second-order valence-electron chi connectivity index (χ2n) is 6.62. The van der Waals surface area contributed by atoms with Crippen LogP contribution in [0.5, 0.6) is 11.5 Å². The van der Waals surface area contributed by atoms with E-state index < -0.39 is 0 Å². The van der Waals surface area contributed by atoms with Crippen molar-refractivity contribution in [3.05, 3.63) is 30.6 Å². The van der Waals surface area contributed by atoms with Gasteiger partial charge in [-0.2, -0.15) is 4.98 Å². The lowest BCUT2D eigenvalue weighted by molar-refractivity contribution is 0.264. The third kappa shape index (κ3) is 3.78. The van der Waals surface area contributed by atoms with Crippen molar-refractivity contribution in [3.8, 4) is 11.5 Å². The predicted molar refractivity (Wildman–Crippen MR) is 106 cm³/mol. The van der Waals surface area contributed by atoms with Crippen molar-refractivity contribution in [2.24, 2.45) is 5.73 Å². The van der Waals surface area contributed by atoms with Crippen molar-refractivity contribution in [1.29, 1.82) is 0 Å². The van der Waals surface area contributed by atoms with E-state index in [1.54, 1.807) is 36.2 Å². The molecule has 10 heteroatoms. The lowest BCUT2D eigenvalue weighted by atomic mass is 10.3. The van der Waals surface area contributed by atoms with Crippen molar-refractivity contribution in [3.63, 3.8) is 0 Å². The number of benzene rings is 1. The molecule has 1 fully saturated rings. The number of nitrogens with one attached hydrogen (secondary N) is 1. The van der Waals surface area contributed by atoms with E-state index in [0.717, 1.165) is 38.5 Å². The topological polar surface area (TPSA) is 117 Å². The molecule has 0 unspecified atom stereocenters. The Labute approximate surface area is 162 Å². The second kappa shape index (κ2) is 7.87. The Hall–Kier alpha value is -3.11. The molecule has 0 radical (unpaired) electrons. The van der Waals surface area contributed by atoms with Gasteiger partial charge in [-0.1, -0.05) is 0 Å². The minimum Gasteiger partial charge on any atom is -0.508 e. The molecule has 3 heterocycles. The highest BCUT2D eigenvalue weighted by molar-refractivity contribution is 5.67. The molecular weight excluding hydrogens is 360 g/mol. The zero-order chi connectivity index (χ0) is 19.5. The van der Waals surface area contributed by atoms with E-state index in [1.807, 2.05) is 0 Å². The normalized spacial score (nSPS) is 15.1. The fourth-order valence-corrected chi connectivity index (χ4v) is 3.35. The Kier molecular flexibility index (Phi) is 5.13. The van der Waals surface area contributed by atoms with Gasteiger partial charge in [0.2, 0.25) is 5.95 Å². The summed E-state index contributed by atoms with van der Waals surface area (Å²) in [6, 6.07) is 4.89. The first kappa shape index (κ1) is 18.3. The number of nitrogens with zero attached hydrogens (tertiary/aromatic N) is 6. The third-order valence-electron chi connectivity index (χ3n) is 4.74. The summed E-state index contributed by atoms with van der Waals surface area (Å²) in [6.07, 6.45) is 3.50. The molecule has 10 nitrogen and oxygen atoms in total. The van der Waals surface area contributed by atoms with E-state index in [2.05, 4.69) is 30.2 Å². The minimum absolute atomic E-state index is 0.100. The summed E-state index contributed by atoms with van der Waals surface area (Å²) in [4.78, 5) is 13.7. The number of rotatable bonds is 6. The molecule has 0 amide bonds. The number of ether oxygens (including phenoxy) is 1. The van der Waals surface area contributed by atoms with Crippen LogP contribution >= 0.6 is 0 Å². The number of methoxy groups -OCH3 is 1. The van der Waals surface area contributed by atoms with Gasteiger partial charge in [-0.05, 0) is 0 Å². The Morgan fingerprint density at radius 2 is 2.04 bits per heavy atom. The molecule has 1 aliphatic rings. The first-order valence-electron chi connectivity index (χ1n) is 9.20. The minimum atomic E-state index is 0.100. The van der Waals surface area contributed by atoms with Crippen LogP contribution in [0.2, 0.25) is 0 Å². The number of hydrogen-bond acceptors (Lipinski definition) is 9. The van der Waals surface area contributed by atoms with Crippen molar-refractivity contribution >= 4 is 23.1 Å². The highest BCUT2D eigenvalue weighted by atomic mass is 16.5. The van der Waals surface area contributed by atoms with Crippen LogP contribution in [0.1, 0.15) is 0 Å². The van der Waals surface area contributed by atoms with E-state index in [4.69, 9.17) is 10.5 Å². The number of aromatic hydroxyl groups is 1. The van der Waals surface area contributed by atoms with Crippen LogP contribution < -0.4 is 20.7 Å². The number of phenolic OH excluding ortho intramolecular Hbond substituents is 1. The van der Waals surface area contributed by atoms with Gasteiger partial charge < -0.3 is 25.8 Å². The molecule has 0 aliphatic carbocycles. The van der Waals surface area contributed by atoms with Crippen LogP contribution in [-0.2, 0) is 0 Å². The molecule has 148 valence electrons. The number of hydrogen-bond donors (Lipinski definition) is 3. The summed E-state index contributed by atoms with van der Waals surface area (Å²) >= 11 is 0. The Bertz CT molecular complexity index is 952. The zero-order valence-corrected chi connectivity index (χ0v) is 15.7. The van der Waals surface area contributed by atoms with E-state index in [-0.39, 0.29) is 5.75 Å². The lowest BCUT2D eigenvalue weighted by Crippen LogP contribution is -2.48. The molecular formula is C18H24N8O2. The van der Waals surface area contributed by atoms with E-state index in [1.165, 1.54) is 6.07 Å². The summed E-state index contributed by atoms with van der Waals surface area (Å²) in [6.45, 7) is 5.22. The van der Waals surface area contributed by atoms with Crippen LogP contribution in [0.4, 0.5) is 17.5 Å². The van der Waals surface area contributed by atoms with Crippen molar-refractivity contribution in [2.45, 2.75) is 0 Å². The van der Waals surface area contributed by atoms with Crippen molar-refractivity contribution < 1.29 is 9.84 Å². The average Bonchev–Trinajstić information content (AvgIpc) is 3.10. The average molecular weight is 384 g/mol. The first-order chi connectivity index (χ1) is 13.7. The first-order valence-corrected chi connectivity index (χ1v) is 9.20. The molecule has 1 saturated heterocycles. The van der Waals surface area contributed by atoms with Gasteiger partial charge in [-0.3, -0.25) is 4.90 Å². The number of piperazine rings is 1. The second-order valence-corrected chi connectivity index (χ2v) is 6.62. The number of aromatic nitrogens is 4. The van der Waals surface area contributed by atoms with Crippen LogP contribution in [-0.4, -0.2) is 76.0 Å². The van der Waals surface area contributed by atoms with Crippen molar-refractivity contribution in [2.75, 3.05) is 56.6 Å². The van der Waals surface area contributed by atoms with E-state index in [9.17, 15) is 5.11 Å². The molecule has 3 aromatic rings. The molecule has 4 rings (SSSR count). The summed E-state index contributed by atoms with van der Waals surface area (Å²) in [5.74, 6) is 1.87. The summed E-state index contributed by atoms with van der Waals surface area (Å²) in [7, 11) is 1.55. The summed E-state index contributed by atoms with van der Waals surface area (Å²) < 4.78 is 6.89. The third-order valence-corrected chi connectivity index (χ3v) is 4.74. The molecule has 28 heavy (non-hydrogen) atoms. The monoisotopic (exact) mass is 384 g/mol. The maximum Gasteiger partial charge on any atom is 0.247 e. The molecule has 1 aromatic carbocycles. The van der Waals surface area contributed by atoms with Gasteiger partial charge in [0.15, 0.2) is 11.5 Å². The predicted octanol–water partition coefficient (Wildman–Crippen LogP) is 0.663. The van der Waals surface area contributed by atoms with Gasteiger partial charge in [0, 0.05) is 75.5 Å². The fraction of sp³-hybridized carbons (Fsp3) is 0.389. The van der Waals surface area contributed by atoms with Gasteiger partial charge in [-0.15, -0.1) is 5.10 Å². The number of phenols is 1. The molecule has 0 atom stereocenters. The summed E-state index contributed by atoms with van der Waals surface area (Å²) in [5.41, 5.74) is 6.97. The molecule has 1 aliphatic heterocycles. The SMILES string of the molecule is COc1cc(O)cc(Nc2nc3c(N4CCN(CCN)CC4)nccn3n2)c1. The molecule has 0 bridgehead atoms. The largest absolute Gasteiger partial charge is 0.508 e. The fourth-order valence-electron chi connectivity index (χ4n) is 3.35. The van der Waals surface area contributed by atoms with Crippen LogP contribution in [0, 0.1) is 0 Å².